The van der Waals surface area contributed by atoms with Gasteiger partial charge in [-0.05, 0) is 34.9 Å². The van der Waals surface area contributed by atoms with Crippen LogP contribution in [0.15, 0.2) is 20.5 Å². The fourth-order valence-corrected chi connectivity index (χ4v) is 1.04. The average Bonchev–Trinajstić information content (AvgIpc) is 1.80. The normalized spacial score (nSPS) is 13.4. The molecule has 5 heteroatoms. The average molecular weight is 294 g/mol. The maximum Gasteiger partial charge on any atom is 0.412 e. The SMILES string of the molecule is C=C(I)S/C=C(\C)C(F)(F)F. The Hall–Kier alpha value is 0.350. The van der Waals surface area contributed by atoms with Gasteiger partial charge in [0.1, 0.15) is 0 Å². The van der Waals surface area contributed by atoms with Gasteiger partial charge in [-0.25, -0.2) is 0 Å². The maximum absolute atomic E-state index is 11.8. The van der Waals surface area contributed by atoms with E-state index in [0.717, 1.165) is 24.1 Å². The van der Waals surface area contributed by atoms with Crippen LogP contribution in [0.5, 0.6) is 0 Å². The second-order valence-electron chi connectivity index (χ2n) is 1.77. The molecule has 64 valence electrons. The fourth-order valence-electron chi connectivity index (χ4n) is 0.219. The van der Waals surface area contributed by atoms with Gasteiger partial charge in [-0.1, -0.05) is 18.3 Å². The third-order valence-electron chi connectivity index (χ3n) is 0.811. The molecule has 0 aromatic rings. The minimum Gasteiger partial charge on any atom is -0.166 e. The van der Waals surface area contributed by atoms with Crippen molar-refractivity contribution in [3.8, 4) is 0 Å². The number of hydrogen-bond donors (Lipinski definition) is 0. The van der Waals surface area contributed by atoms with Gasteiger partial charge >= 0.3 is 6.18 Å². The van der Waals surface area contributed by atoms with E-state index in [2.05, 4.69) is 6.58 Å². The molecule has 0 saturated heterocycles. The number of hydrogen-bond acceptors (Lipinski definition) is 1. The highest BCUT2D eigenvalue weighted by atomic mass is 127. The molecule has 0 unspecified atom stereocenters. The van der Waals surface area contributed by atoms with Crippen LogP contribution in [0.25, 0.3) is 0 Å². The molecule has 0 bridgehead atoms. The molecule has 0 aromatic heterocycles. The third kappa shape index (κ3) is 5.60. The Kier molecular flexibility index (Phi) is 4.53. The molecule has 0 saturated carbocycles. The number of halogens is 4. The molecule has 0 atom stereocenters. The van der Waals surface area contributed by atoms with Crippen molar-refractivity contribution in [1.82, 2.24) is 0 Å². The van der Waals surface area contributed by atoms with E-state index >= 15 is 0 Å². The van der Waals surface area contributed by atoms with E-state index in [1.807, 2.05) is 22.6 Å². The number of rotatable bonds is 2. The van der Waals surface area contributed by atoms with E-state index in [4.69, 9.17) is 0 Å². The molecule has 0 aliphatic heterocycles. The number of allylic oxidation sites excluding steroid dienone is 1. The van der Waals surface area contributed by atoms with Gasteiger partial charge in [0.15, 0.2) is 0 Å². The summed E-state index contributed by atoms with van der Waals surface area (Å²) < 4.78 is 36.0. The molecule has 0 radical (unpaired) electrons. The van der Waals surface area contributed by atoms with E-state index in [9.17, 15) is 13.2 Å². The Bertz CT molecular complexity index is 183. The third-order valence-corrected chi connectivity index (χ3v) is 2.30. The second-order valence-corrected chi connectivity index (χ2v) is 4.77. The van der Waals surface area contributed by atoms with Crippen molar-refractivity contribution in [3.63, 3.8) is 0 Å². The van der Waals surface area contributed by atoms with Crippen LogP contribution in [0.3, 0.4) is 0 Å². The zero-order valence-electron chi connectivity index (χ0n) is 5.70. The number of thioether (sulfide) groups is 1. The zero-order valence-corrected chi connectivity index (χ0v) is 8.68. The summed E-state index contributed by atoms with van der Waals surface area (Å²) in [6.45, 7) is 4.48. The minimum absolute atomic E-state index is 0.597. The highest BCUT2D eigenvalue weighted by molar-refractivity contribution is 14.1. The lowest BCUT2D eigenvalue weighted by atomic mass is 10.3. The Balaban J connectivity index is 4.12. The molecular weight excluding hydrogens is 288 g/mol. The van der Waals surface area contributed by atoms with Gasteiger partial charge in [0.2, 0.25) is 0 Å². The molecule has 0 N–H and O–H groups in total. The predicted octanol–water partition coefficient (Wildman–Crippen LogP) is 4.09. The van der Waals surface area contributed by atoms with Crippen molar-refractivity contribution in [2.45, 2.75) is 13.1 Å². The molecule has 0 amide bonds. The van der Waals surface area contributed by atoms with Crippen LogP contribution in [0, 0.1) is 0 Å². The lowest BCUT2D eigenvalue weighted by Gasteiger charge is -2.04. The summed E-state index contributed by atoms with van der Waals surface area (Å²) in [5, 5.41) is 1.05. The van der Waals surface area contributed by atoms with Gasteiger partial charge in [0, 0.05) is 8.48 Å². The minimum atomic E-state index is -4.21. The van der Waals surface area contributed by atoms with Crippen LogP contribution in [-0.4, -0.2) is 6.18 Å². The molecular formula is C6H6F3IS. The van der Waals surface area contributed by atoms with Crippen molar-refractivity contribution in [2.75, 3.05) is 0 Å². The van der Waals surface area contributed by atoms with E-state index in [-0.39, 0.29) is 0 Å². The first-order valence-corrected chi connectivity index (χ1v) is 4.55. The quantitative estimate of drug-likeness (QED) is 0.691. The molecule has 0 fully saturated rings. The summed E-state index contributed by atoms with van der Waals surface area (Å²) in [7, 11) is 0. The van der Waals surface area contributed by atoms with Crippen LogP contribution in [0.4, 0.5) is 13.2 Å². The molecule has 0 heterocycles. The summed E-state index contributed by atoms with van der Waals surface area (Å²) in [4.78, 5) is 0. The van der Waals surface area contributed by atoms with Crippen LogP contribution in [0.1, 0.15) is 6.92 Å². The molecule has 0 aliphatic carbocycles. The van der Waals surface area contributed by atoms with Gasteiger partial charge in [0.25, 0.3) is 0 Å². The maximum atomic E-state index is 11.8. The Morgan fingerprint density at radius 1 is 1.55 bits per heavy atom. The molecule has 0 nitrogen and oxygen atoms in total. The topological polar surface area (TPSA) is 0 Å². The first-order valence-electron chi connectivity index (χ1n) is 2.59. The van der Waals surface area contributed by atoms with Crippen molar-refractivity contribution in [3.05, 3.63) is 20.5 Å². The Labute approximate surface area is 81.1 Å². The molecule has 0 rings (SSSR count). The highest BCUT2D eigenvalue weighted by Gasteiger charge is 2.29. The largest absolute Gasteiger partial charge is 0.412 e. The first kappa shape index (κ1) is 11.4. The van der Waals surface area contributed by atoms with Gasteiger partial charge in [-0.15, -0.1) is 0 Å². The molecule has 0 aliphatic rings. The van der Waals surface area contributed by atoms with Crippen LogP contribution >= 0.6 is 34.4 Å². The van der Waals surface area contributed by atoms with Crippen molar-refractivity contribution in [1.29, 1.82) is 0 Å². The van der Waals surface area contributed by atoms with Crippen LogP contribution in [0.2, 0.25) is 0 Å². The van der Waals surface area contributed by atoms with Gasteiger partial charge in [0.05, 0.1) is 0 Å². The van der Waals surface area contributed by atoms with Gasteiger partial charge in [-0.3, -0.25) is 0 Å². The predicted molar refractivity (Wildman–Crippen MR) is 50.6 cm³/mol. The standard InChI is InChI=1S/C6H6F3IS/c1-4(6(7,8)9)3-11-5(2)10/h3H,2H2,1H3/b4-3+. The smallest absolute Gasteiger partial charge is 0.166 e. The van der Waals surface area contributed by atoms with E-state index in [0.29, 0.717) is 2.91 Å². The first-order chi connectivity index (χ1) is 4.84. The zero-order chi connectivity index (χ0) is 9.07. The molecule has 11 heavy (non-hydrogen) atoms. The lowest BCUT2D eigenvalue weighted by molar-refractivity contribution is -0.0910. The molecule has 0 aromatic carbocycles. The van der Waals surface area contributed by atoms with Gasteiger partial charge in [-0.2, -0.15) is 13.2 Å². The molecule has 0 spiro atoms. The van der Waals surface area contributed by atoms with E-state index in [1.165, 1.54) is 0 Å². The number of alkyl halides is 3. The van der Waals surface area contributed by atoms with Crippen molar-refractivity contribution < 1.29 is 13.2 Å². The van der Waals surface area contributed by atoms with Crippen molar-refractivity contribution >= 4 is 34.4 Å². The summed E-state index contributed by atoms with van der Waals surface area (Å²) >= 11 is 2.84. The van der Waals surface area contributed by atoms with Gasteiger partial charge < -0.3 is 0 Å². The van der Waals surface area contributed by atoms with Crippen LogP contribution in [-0.2, 0) is 0 Å². The summed E-state index contributed by atoms with van der Waals surface area (Å²) in [6, 6.07) is 0. The Morgan fingerprint density at radius 3 is 2.27 bits per heavy atom. The highest BCUT2D eigenvalue weighted by Crippen LogP contribution is 2.30. The monoisotopic (exact) mass is 294 g/mol. The van der Waals surface area contributed by atoms with E-state index < -0.39 is 11.7 Å². The summed E-state index contributed by atoms with van der Waals surface area (Å²) in [6.07, 6.45) is -4.21. The second kappa shape index (κ2) is 4.39. The fraction of sp³-hybridized carbons (Fsp3) is 0.333. The van der Waals surface area contributed by atoms with Crippen molar-refractivity contribution in [2.24, 2.45) is 0 Å². The summed E-state index contributed by atoms with van der Waals surface area (Å²) in [5.74, 6) is 0. The van der Waals surface area contributed by atoms with Crippen LogP contribution < -0.4 is 0 Å². The summed E-state index contributed by atoms with van der Waals surface area (Å²) in [5.41, 5.74) is -0.597. The Morgan fingerprint density at radius 2 is 2.00 bits per heavy atom. The lowest BCUT2D eigenvalue weighted by Crippen LogP contribution is -2.07. The van der Waals surface area contributed by atoms with E-state index in [1.54, 1.807) is 0 Å².